The Hall–Kier alpha value is -3.05. The molecule has 0 aliphatic rings. The van der Waals surface area contributed by atoms with Crippen molar-refractivity contribution < 1.29 is 8.78 Å². The number of nitrogens with zero attached hydrogens (tertiary/aromatic N) is 3. The minimum Gasteiger partial charge on any atom is -0.277 e. The van der Waals surface area contributed by atoms with Gasteiger partial charge in [-0.25, -0.2) is 18.7 Å². The fourth-order valence-electron chi connectivity index (χ4n) is 2.71. The molecule has 0 amide bonds. The van der Waals surface area contributed by atoms with E-state index >= 15 is 0 Å². The van der Waals surface area contributed by atoms with Gasteiger partial charge in [0.05, 0.1) is 11.0 Å². The van der Waals surface area contributed by atoms with Gasteiger partial charge in [-0.3, -0.25) is 4.57 Å². The first-order valence-corrected chi connectivity index (χ1v) is 7.75. The number of hydrogen-bond donors (Lipinski definition) is 0. The molecule has 0 spiro atoms. The van der Waals surface area contributed by atoms with Crippen molar-refractivity contribution in [2.24, 2.45) is 0 Å². The summed E-state index contributed by atoms with van der Waals surface area (Å²) in [6.07, 6.45) is 4.68. The molecule has 4 rings (SSSR count). The Morgan fingerprint density at radius 2 is 1.54 bits per heavy atom. The van der Waals surface area contributed by atoms with E-state index in [9.17, 15) is 8.78 Å². The van der Waals surface area contributed by atoms with Gasteiger partial charge in [-0.2, -0.15) is 0 Å². The second-order valence-electron chi connectivity index (χ2n) is 5.45. The van der Waals surface area contributed by atoms with E-state index in [0.717, 1.165) is 11.0 Å². The normalized spacial score (nSPS) is 11.0. The van der Waals surface area contributed by atoms with Gasteiger partial charge in [-0.15, -0.1) is 12.4 Å². The summed E-state index contributed by atoms with van der Waals surface area (Å²) in [6, 6.07) is 17.0. The molecule has 0 aliphatic heterocycles. The molecule has 3 nitrogen and oxygen atoms in total. The number of halogens is 3. The summed E-state index contributed by atoms with van der Waals surface area (Å²) in [5.41, 5.74) is 1.55. The van der Waals surface area contributed by atoms with Gasteiger partial charge in [-0.05, 0) is 48.6 Å². The maximum atomic E-state index is 13.9. The Labute approximate surface area is 155 Å². The molecule has 0 unspecified atom stereocenters. The fourth-order valence-corrected chi connectivity index (χ4v) is 2.71. The molecule has 0 saturated carbocycles. The topological polar surface area (TPSA) is 30.7 Å². The van der Waals surface area contributed by atoms with Crippen molar-refractivity contribution in [3.63, 3.8) is 0 Å². The van der Waals surface area contributed by atoms with Crippen LogP contribution in [-0.4, -0.2) is 14.5 Å². The summed E-state index contributed by atoms with van der Waals surface area (Å²) >= 11 is 0. The highest BCUT2D eigenvalue weighted by atomic mass is 35.5. The second-order valence-corrected chi connectivity index (χ2v) is 5.45. The number of benzene rings is 2. The van der Waals surface area contributed by atoms with Crippen LogP contribution in [0.2, 0.25) is 0 Å². The number of aromatic nitrogens is 3. The number of imidazole rings is 1. The van der Waals surface area contributed by atoms with E-state index in [2.05, 4.69) is 9.97 Å². The molecule has 2 aromatic carbocycles. The number of pyridine rings is 1. The average Bonchev–Trinajstić information content (AvgIpc) is 3.00. The molecular formula is C20H14ClF2N3. The van der Waals surface area contributed by atoms with Crippen molar-refractivity contribution in [2.75, 3.05) is 0 Å². The van der Waals surface area contributed by atoms with Gasteiger partial charge in [0.2, 0.25) is 0 Å². The zero-order valence-corrected chi connectivity index (χ0v) is 14.3. The SMILES string of the molecule is Cl.Fc1cccc(F)c1/C=C/c1nc2ccccc2n1-c1ccccn1. The van der Waals surface area contributed by atoms with E-state index in [4.69, 9.17) is 0 Å². The van der Waals surface area contributed by atoms with E-state index in [1.54, 1.807) is 12.3 Å². The largest absolute Gasteiger partial charge is 0.277 e. The van der Waals surface area contributed by atoms with Gasteiger partial charge < -0.3 is 0 Å². The third-order valence-electron chi connectivity index (χ3n) is 3.86. The van der Waals surface area contributed by atoms with Gasteiger partial charge in [0, 0.05) is 11.8 Å². The highest BCUT2D eigenvalue weighted by Gasteiger charge is 2.11. The summed E-state index contributed by atoms with van der Waals surface area (Å²) < 4.78 is 29.6. The van der Waals surface area contributed by atoms with E-state index in [0.29, 0.717) is 11.6 Å². The zero-order valence-electron chi connectivity index (χ0n) is 13.5. The van der Waals surface area contributed by atoms with Crippen molar-refractivity contribution in [1.82, 2.24) is 14.5 Å². The number of rotatable bonds is 3. The summed E-state index contributed by atoms with van der Waals surface area (Å²) in [5, 5.41) is 0. The fraction of sp³-hybridized carbons (Fsp3) is 0. The first-order valence-electron chi connectivity index (χ1n) is 7.75. The van der Waals surface area contributed by atoms with Crippen LogP contribution in [0.3, 0.4) is 0 Å². The predicted octanol–water partition coefficient (Wildman–Crippen LogP) is 5.29. The van der Waals surface area contributed by atoms with Crippen LogP contribution in [0.1, 0.15) is 11.4 Å². The summed E-state index contributed by atoms with van der Waals surface area (Å²) in [6.45, 7) is 0. The number of fused-ring (bicyclic) bond motifs is 1. The highest BCUT2D eigenvalue weighted by molar-refractivity contribution is 5.85. The van der Waals surface area contributed by atoms with Crippen molar-refractivity contribution >= 4 is 35.6 Å². The van der Waals surface area contributed by atoms with Gasteiger partial charge >= 0.3 is 0 Å². The molecule has 6 heteroatoms. The summed E-state index contributed by atoms with van der Waals surface area (Å²) in [7, 11) is 0. The second kappa shape index (κ2) is 7.45. The Morgan fingerprint density at radius 3 is 2.27 bits per heavy atom. The first-order chi connectivity index (χ1) is 12.2. The van der Waals surface area contributed by atoms with Crippen molar-refractivity contribution in [2.45, 2.75) is 0 Å². The maximum absolute atomic E-state index is 13.9. The minimum atomic E-state index is -0.614. The summed E-state index contributed by atoms with van der Waals surface area (Å²) in [4.78, 5) is 8.92. The predicted molar refractivity (Wildman–Crippen MR) is 101 cm³/mol. The maximum Gasteiger partial charge on any atom is 0.139 e. The molecule has 0 bridgehead atoms. The van der Waals surface area contributed by atoms with E-state index in [1.807, 2.05) is 47.0 Å². The molecule has 2 heterocycles. The molecule has 0 aliphatic carbocycles. The molecule has 130 valence electrons. The molecule has 0 radical (unpaired) electrons. The van der Waals surface area contributed by atoms with Crippen LogP contribution in [0, 0.1) is 11.6 Å². The van der Waals surface area contributed by atoms with E-state index < -0.39 is 11.6 Å². The zero-order chi connectivity index (χ0) is 17.2. The van der Waals surface area contributed by atoms with Crippen LogP contribution >= 0.6 is 12.4 Å². The Bertz CT molecular complexity index is 1050. The summed E-state index contributed by atoms with van der Waals surface area (Å²) in [5.74, 6) is 0.000836. The van der Waals surface area contributed by atoms with Crippen LogP contribution < -0.4 is 0 Å². The van der Waals surface area contributed by atoms with Crippen LogP contribution in [0.5, 0.6) is 0 Å². The number of para-hydroxylation sites is 2. The van der Waals surface area contributed by atoms with Gasteiger partial charge in [-0.1, -0.05) is 24.3 Å². The van der Waals surface area contributed by atoms with Crippen LogP contribution in [0.4, 0.5) is 8.78 Å². The Morgan fingerprint density at radius 1 is 0.808 bits per heavy atom. The van der Waals surface area contributed by atoms with Crippen LogP contribution in [0.15, 0.2) is 66.9 Å². The van der Waals surface area contributed by atoms with E-state index in [1.165, 1.54) is 24.3 Å². The molecule has 0 fully saturated rings. The molecule has 0 N–H and O–H groups in total. The third-order valence-corrected chi connectivity index (χ3v) is 3.86. The molecule has 2 aromatic heterocycles. The lowest BCUT2D eigenvalue weighted by Gasteiger charge is -2.05. The van der Waals surface area contributed by atoms with Crippen molar-refractivity contribution in [1.29, 1.82) is 0 Å². The number of hydrogen-bond acceptors (Lipinski definition) is 2. The Balaban J connectivity index is 0.00000196. The highest BCUT2D eigenvalue weighted by Crippen LogP contribution is 2.22. The molecule has 0 atom stereocenters. The van der Waals surface area contributed by atoms with Crippen molar-refractivity contribution in [3.8, 4) is 5.82 Å². The lowest BCUT2D eigenvalue weighted by atomic mass is 10.2. The van der Waals surface area contributed by atoms with Crippen LogP contribution in [0.25, 0.3) is 29.0 Å². The van der Waals surface area contributed by atoms with E-state index in [-0.39, 0.29) is 18.0 Å². The molecule has 4 aromatic rings. The standard InChI is InChI=1S/C20H13F2N3.ClH/c21-15-6-5-7-16(22)14(15)11-12-20-24-17-8-1-2-9-18(17)25(20)19-10-3-4-13-23-19;/h1-13H;1H/b12-11+;. The van der Waals surface area contributed by atoms with Crippen molar-refractivity contribution in [3.05, 3.63) is 89.9 Å². The Kier molecular flexibility index (Phi) is 5.09. The van der Waals surface area contributed by atoms with Gasteiger partial charge in [0.15, 0.2) is 0 Å². The lowest BCUT2D eigenvalue weighted by Crippen LogP contribution is -1.99. The molecular weight excluding hydrogens is 356 g/mol. The third kappa shape index (κ3) is 3.21. The average molecular weight is 370 g/mol. The van der Waals surface area contributed by atoms with Gasteiger partial charge in [0.25, 0.3) is 0 Å². The smallest absolute Gasteiger partial charge is 0.139 e. The first kappa shape index (κ1) is 17.8. The minimum absolute atomic E-state index is 0. The molecule has 0 saturated heterocycles. The quantitative estimate of drug-likeness (QED) is 0.491. The monoisotopic (exact) mass is 369 g/mol. The molecule has 26 heavy (non-hydrogen) atoms. The van der Waals surface area contributed by atoms with Crippen LogP contribution in [-0.2, 0) is 0 Å². The lowest BCUT2D eigenvalue weighted by molar-refractivity contribution is 0.579. The van der Waals surface area contributed by atoms with Gasteiger partial charge in [0.1, 0.15) is 23.3 Å².